The highest BCUT2D eigenvalue weighted by atomic mass is 32.2. The molecule has 0 radical (unpaired) electrons. The number of sulfone groups is 1. The first-order valence-corrected chi connectivity index (χ1v) is 10.1. The minimum atomic E-state index is -3.73. The van der Waals surface area contributed by atoms with Crippen LogP contribution in [0, 0.1) is 11.7 Å². The van der Waals surface area contributed by atoms with Gasteiger partial charge in [0.2, 0.25) is 9.84 Å². The fourth-order valence-corrected chi connectivity index (χ4v) is 5.39. The molecule has 2 heterocycles. The highest BCUT2D eigenvalue weighted by Crippen LogP contribution is 2.43. The van der Waals surface area contributed by atoms with Gasteiger partial charge in [0, 0.05) is 17.6 Å². The standard InChI is InChI=1S/C19H21FN2O2S/c1-12-11-21-8-7-18-19(12)16-10-15(5-6-17(16)22-18)25(23,24)14-4-2-3-13(20)9-14/h2-6,9-10,12,18-19,21-22H,7-8,11H2,1H3/t12?,18?,19-/m1/s1. The Hall–Kier alpha value is -1.92. The molecule has 1 saturated heterocycles. The van der Waals surface area contributed by atoms with Crippen LogP contribution in [0.15, 0.2) is 52.3 Å². The quantitative estimate of drug-likeness (QED) is 0.864. The summed E-state index contributed by atoms with van der Waals surface area (Å²) in [5.74, 6) is 0.147. The average Bonchev–Trinajstić information content (AvgIpc) is 2.86. The molecule has 1 fully saturated rings. The lowest BCUT2D eigenvalue weighted by molar-refractivity contribution is 0.443. The molecule has 0 aliphatic carbocycles. The minimum absolute atomic E-state index is 0.00876. The van der Waals surface area contributed by atoms with E-state index in [-0.39, 0.29) is 15.7 Å². The topological polar surface area (TPSA) is 58.2 Å². The van der Waals surface area contributed by atoms with Crippen LogP contribution in [0.5, 0.6) is 0 Å². The Morgan fingerprint density at radius 1 is 1.12 bits per heavy atom. The molecule has 2 aliphatic rings. The monoisotopic (exact) mass is 360 g/mol. The molecule has 4 nitrogen and oxygen atoms in total. The van der Waals surface area contributed by atoms with Crippen molar-refractivity contribution in [2.45, 2.75) is 35.1 Å². The number of hydrogen-bond acceptors (Lipinski definition) is 4. The largest absolute Gasteiger partial charge is 0.381 e. The van der Waals surface area contributed by atoms with Crippen LogP contribution >= 0.6 is 0 Å². The van der Waals surface area contributed by atoms with Gasteiger partial charge >= 0.3 is 0 Å². The lowest BCUT2D eigenvalue weighted by atomic mass is 9.84. The fraction of sp³-hybridized carbons (Fsp3) is 0.368. The second kappa shape index (κ2) is 6.11. The molecule has 2 N–H and O–H groups in total. The Morgan fingerprint density at radius 2 is 1.92 bits per heavy atom. The predicted octanol–water partition coefficient (Wildman–Crippen LogP) is 3.17. The summed E-state index contributed by atoms with van der Waals surface area (Å²) >= 11 is 0. The van der Waals surface area contributed by atoms with Crippen LogP contribution in [0.1, 0.15) is 24.8 Å². The third kappa shape index (κ3) is 2.83. The van der Waals surface area contributed by atoms with E-state index < -0.39 is 15.7 Å². The van der Waals surface area contributed by atoms with Crippen LogP contribution in [0.4, 0.5) is 10.1 Å². The molecule has 0 spiro atoms. The minimum Gasteiger partial charge on any atom is -0.381 e. The Kier molecular flexibility index (Phi) is 4.04. The van der Waals surface area contributed by atoms with Crippen molar-refractivity contribution in [2.75, 3.05) is 18.4 Å². The molecule has 2 aliphatic heterocycles. The normalized spacial score (nSPS) is 25.6. The van der Waals surface area contributed by atoms with E-state index in [4.69, 9.17) is 0 Å². The molecule has 3 atom stereocenters. The molecule has 132 valence electrons. The highest BCUT2D eigenvalue weighted by molar-refractivity contribution is 7.91. The van der Waals surface area contributed by atoms with Crippen LogP contribution in [-0.2, 0) is 9.84 Å². The molecular weight excluding hydrogens is 339 g/mol. The van der Waals surface area contributed by atoms with Gasteiger partial charge in [0.25, 0.3) is 0 Å². The van der Waals surface area contributed by atoms with E-state index in [1.807, 2.05) is 6.07 Å². The van der Waals surface area contributed by atoms with Gasteiger partial charge in [-0.3, -0.25) is 0 Å². The maximum absolute atomic E-state index is 13.5. The van der Waals surface area contributed by atoms with E-state index in [0.29, 0.717) is 12.0 Å². The fourth-order valence-electron chi connectivity index (χ4n) is 4.06. The Labute approximate surface area is 147 Å². The summed E-state index contributed by atoms with van der Waals surface area (Å²) in [6.45, 7) is 4.07. The summed E-state index contributed by atoms with van der Waals surface area (Å²) in [6.07, 6.45) is 1.01. The third-order valence-corrected chi connectivity index (χ3v) is 7.03. The highest BCUT2D eigenvalue weighted by Gasteiger charge is 2.37. The molecule has 6 heteroatoms. The van der Waals surface area contributed by atoms with Crippen LogP contribution in [-0.4, -0.2) is 27.5 Å². The van der Waals surface area contributed by atoms with Crippen LogP contribution in [0.25, 0.3) is 0 Å². The lowest BCUT2D eigenvalue weighted by Gasteiger charge is -2.22. The molecule has 4 rings (SSSR count). The summed E-state index contributed by atoms with van der Waals surface area (Å²) in [5, 5.41) is 6.97. The predicted molar refractivity (Wildman–Crippen MR) is 95.1 cm³/mol. The van der Waals surface area contributed by atoms with Gasteiger partial charge in [0.1, 0.15) is 5.82 Å². The zero-order chi connectivity index (χ0) is 17.6. The number of fused-ring (bicyclic) bond motifs is 3. The van der Waals surface area contributed by atoms with Crippen molar-refractivity contribution in [3.05, 3.63) is 53.8 Å². The Morgan fingerprint density at radius 3 is 2.72 bits per heavy atom. The lowest BCUT2D eigenvalue weighted by Crippen LogP contribution is -2.25. The summed E-state index contributed by atoms with van der Waals surface area (Å²) in [5.41, 5.74) is 2.07. The van der Waals surface area contributed by atoms with Crippen molar-refractivity contribution in [1.29, 1.82) is 0 Å². The van der Waals surface area contributed by atoms with Gasteiger partial charge in [-0.2, -0.15) is 0 Å². The van der Waals surface area contributed by atoms with Crippen LogP contribution in [0.3, 0.4) is 0 Å². The smallest absolute Gasteiger partial charge is 0.206 e. The molecule has 0 saturated carbocycles. The Bertz CT molecular complexity index is 913. The first-order chi connectivity index (χ1) is 12.0. The molecule has 0 aromatic heterocycles. The zero-order valence-corrected chi connectivity index (χ0v) is 14.8. The molecule has 2 unspecified atom stereocenters. The second-order valence-electron chi connectivity index (χ2n) is 6.96. The molecule has 0 bridgehead atoms. The van der Waals surface area contributed by atoms with Crippen LogP contribution < -0.4 is 10.6 Å². The molecule has 0 amide bonds. The number of hydrogen-bond donors (Lipinski definition) is 2. The van der Waals surface area contributed by atoms with E-state index in [9.17, 15) is 12.8 Å². The number of benzene rings is 2. The number of halogens is 1. The average molecular weight is 360 g/mol. The zero-order valence-electron chi connectivity index (χ0n) is 14.0. The maximum atomic E-state index is 13.5. The van der Waals surface area contributed by atoms with E-state index in [0.717, 1.165) is 36.8 Å². The van der Waals surface area contributed by atoms with Crippen molar-refractivity contribution >= 4 is 15.5 Å². The van der Waals surface area contributed by atoms with Gasteiger partial charge in [-0.25, -0.2) is 12.8 Å². The second-order valence-corrected chi connectivity index (χ2v) is 8.91. The summed E-state index contributed by atoms with van der Waals surface area (Å²) in [4.78, 5) is 0.217. The van der Waals surface area contributed by atoms with Crippen molar-refractivity contribution in [1.82, 2.24) is 5.32 Å². The maximum Gasteiger partial charge on any atom is 0.206 e. The molecule has 25 heavy (non-hydrogen) atoms. The van der Waals surface area contributed by atoms with Gasteiger partial charge in [-0.1, -0.05) is 13.0 Å². The van der Waals surface area contributed by atoms with Gasteiger partial charge < -0.3 is 10.6 Å². The van der Waals surface area contributed by atoms with Crippen LogP contribution in [0.2, 0.25) is 0 Å². The van der Waals surface area contributed by atoms with Crippen molar-refractivity contribution < 1.29 is 12.8 Å². The first kappa shape index (κ1) is 16.5. The van der Waals surface area contributed by atoms with Gasteiger partial charge in [-0.05, 0) is 67.4 Å². The number of nitrogens with one attached hydrogen (secondary N) is 2. The van der Waals surface area contributed by atoms with E-state index in [1.54, 1.807) is 12.1 Å². The van der Waals surface area contributed by atoms with Crippen molar-refractivity contribution in [3.8, 4) is 0 Å². The van der Waals surface area contributed by atoms with Crippen molar-refractivity contribution in [2.24, 2.45) is 5.92 Å². The van der Waals surface area contributed by atoms with E-state index in [2.05, 4.69) is 17.6 Å². The SMILES string of the molecule is CC1CNCCC2Nc3ccc(S(=O)(=O)c4cccc(F)c4)cc3[C@@H]12. The van der Waals surface area contributed by atoms with Gasteiger partial charge in [0.15, 0.2) is 0 Å². The van der Waals surface area contributed by atoms with Gasteiger partial charge in [-0.15, -0.1) is 0 Å². The summed E-state index contributed by atoms with van der Waals surface area (Å²) < 4.78 is 39.3. The Balaban J connectivity index is 1.77. The van der Waals surface area contributed by atoms with E-state index in [1.165, 1.54) is 18.2 Å². The van der Waals surface area contributed by atoms with Crippen molar-refractivity contribution in [3.63, 3.8) is 0 Å². The van der Waals surface area contributed by atoms with Gasteiger partial charge in [0.05, 0.1) is 9.79 Å². The first-order valence-electron chi connectivity index (χ1n) is 8.58. The summed E-state index contributed by atoms with van der Waals surface area (Å²) in [6, 6.07) is 10.7. The van der Waals surface area contributed by atoms with E-state index >= 15 is 0 Å². The molecule has 2 aromatic carbocycles. The number of rotatable bonds is 2. The third-order valence-electron chi connectivity index (χ3n) is 5.28. The molecule has 2 aromatic rings. The molecular formula is C19H21FN2O2S. The summed E-state index contributed by atoms with van der Waals surface area (Å²) in [7, 11) is -3.73. The number of anilines is 1.